The van der Waals surface area contributed by atoms with Gasteiger partial charge >= 0.3 is 0 Å². The summed E-state index contributed by atoms with van der Waals surface area (Å²) in [4.78, 5) is 5.41. The number of likely N-dealkylation sites (tertiary alicyclic amines) is 1. The molecule has 1 aliphatic heterocycles. The molecule has 1 saturated carbocycles. The zero-order valence-electron chi connectivity index (χ0n) is 13.0. The molecule has 112 valence electrons. The normalized spacial score (nSPS) is 29.7. The molecule has 2 rings (SSSR count). The summed E-state index contributed by atoms with van der Waals surface area (Å²) >= 11 is 0. The van der Waals surface area contributed by atoms with E-state index < -0.39 is 0 Å². The van der Waals surface area contributed by atoms with Gasteiger partial charge in [-0.15, -0.1) is 0 Å². The molecule has 2 fully saturated rings. The summed E-state index contributed by atoms with van der Waals surface area (Å²) in [6.07, 6.45) is 9.34. The van der Waals surface area contributed by atoms with Gasteiger partial charge in [0.15, 0.2) is 0 Å². The molecule has 3 heteroatoms. The number of nitrogens with two attached hydrogens (primary N) is 1. The van der Waals surface area contributed by atoms with E-state index >= 15 is 0 Å². The highest BCUT2D eigenvalue weighted by molar-refractivity contribution is 5.00. The average Bonchev–Trinajstić information content (AvgIpc) is 3.26. The molecule has 0 spiro atoms. The molecule has 0 aromatic rings. The summed E-state index contributed by atoms with van der Waals surface area (Å²) in [6.45, 7) is 10.4. The second-order valence-corrected chi connectivity index (χ2v) is 6.49. The first-order chi connectivity index (χ1) is 9.25. The molecule has 1 heterocycles. The summed E-state index contributed by atoms with van der Waals surface area (Å²) in [6, 6.07) is 0.850. The maximum absolute atomic E-state index is 6.27. The van der Waals surface area contributed by atoms with Gasteiger partial charge in [0.1, 0.15) is 0 Å². The maximum atomic E-state index is 6.27. The monoisotopic (exact) mass is 267 g/mol. The number of hydrogen-bond donors (Lipinski definition) is 1. The van der Waals surface area contributed by atoms with Crippen molar-refractivity contribution in [2.45, 2.75) is 70.4 Å². The highest BCUT2D eigenvalue weighted by atomic mass is 15.3. The molecule has 19 heavy (non-hydrogen) atoms. The van der Waals surface area contributed by atoms with Gasteiger partial charge in [-0.1, -0.05) is 20.3 Å². The molecular weight excluding hydrogens is 234 g/mol. The summed E-state index contributed by atoms with van der Waals surface area (Å²) < 4.78 is 0. The van der Waals surface area contributed by atoms with Crippen LogP contribution in [0.1, 0.15) is 58.8 Å². The van der Waals surface area contributed by atoms with Crippen LogP contribution < -0.4 is 5.73 Å². The van der Waals surface area contributed by atoms with Crippen molar-refractivity contribution in [1.29, 1.82) is 0 Å². The van der Waals surface area contributed by atoms with Gasteiger partial charge in [0, 0.05) is 18.1 Å². The van der Waals surface area contributed by atoms with Crippen LogP contribution in [0.4, 0.5) is 0 Å². The van der Waals surface area contributed by atoms with Crippen molar-refractivity contribution in [2.24, 2.45) is 5.73 Å². The zero-order valence-corrected chi connectivity index (χ0v) is 13.0. The van der Waals surface area contributed by atoms with E-state index in [1.54, 1.807) is 0 Å². The standard InChI is InChI=1S/C16H33N3/c1-3-5-12-19(15-7-8-15)16(14-17)9-6-11-18(4-2)13-10-16/h15H,3-14,17H2,1-2H3. The van der Waals surface area contributed by atoms with E-state index in [2.05, 4.69) is 23.6 Å². The highest BCUT2D eigenvalue weighted by Gasteiger charge is 2.43. The van der Waals surface area contributed by atoms with Crippen LogP contribution in [0.5, 0.6) is 0 Å². The van der Waals surface area contributed by atoms with E-state index in [-0.39, 0.29) is 0 Å². The third kappa shape index (κ3) is 3.71. The molecule has 0 aromatic heterocycles. The second kappa shape index (κ2) is 7.05. The molecule has 1 unspecified atom stereocenters. The third-order valence-corrected chi connectivity index (χ3v) is 5.19. The number of hydrogen-bond acceptors (Lipinski definition) is 3. The first-order valence-corrected chi connectivity index (χ1v) is 8.45. The van der Waals surface area contributed by atoms with Crippen molar-refractivity contribution in [3.8, 4) is 0 Å². The zero-order chi connectivity index (χ0) is 13.7. The SMILES string of the molecule is CCCCN(C1CC1)C1(CN)CCCN(CC)CC1. The molecule has 1 aliphatic carbocycles. The lowest BCUT2D eigenvalue weighted by Crippen LogP contribution is -2.55. The van der Waals surface area contributed by atoms with Crippen LogP contribution in [-0.4, -0.2) is 54.1 Å². The quantitative estimate of drug-likeness (QED) is 0.769. The Morgan fingerprint density at radius 2 is 2.00 bits per heavy atom. The van der Waals surface area contributed by atoms with Crippen LogP contribution in [-0.2, 0) is 0 Å². The van der Waals surface area contributed by atoms with Gasteiger partial charge in [-0.05, 0) is 64.7 Å². The van der Waals surface area contributed by atoms with Crippen LogP contribution >= 0.6 is 0 Å². The van der Waals surface area contributed by atoms with Crippen molar-refractivity contribution in [3.63, 3.8) is 0 Å². The molecule has 3 nitrogen and oxygen atoms in total. The molecule has 2 aliphatic rings. The molecule has 2 N–H and O–H groups in total. The Hall–Kier alpha value is -0.120. The predicted molar refractivity (Wildman–Crippen MR) is 82.4 cm³/mol. The van der Waals surface area contributed by atoms with E-state index in [0.717, 1.165) is 12.6 Å². The molecule has 0 radical (unpaired) electrons. The van der Waals surface area contributed by atoms with Crippen LogP contribution in [0.3, 0.4) is 0 Å². The van der Waals surface area contributed by atoms with Crippen LogP contribution in [0.25, 0.3) is 0 Å². The molecule has 0 aromatic carbocycles. The number of rotatable bonds is 7. The van der Waals surface area contributed by atoms with Crippen molar-refractivity contribution in [3.05, 3.63) is 0 Å². The topological polar surface area (TPSA) is 32.5 Å². The van der Waals surface area contributed by atoms with Gasteiger partial charge in [0.2, 0.25) is 0 Å². The van der Waals surface area contributed by atoms with Gasteiger partial charge in [0.25, 0.3) is 0 Å². The fourth-order valence-electron chi connectivity index (χ4n) is 3.68. The van der Waals surface area contributed by atoms with E-state index in [9.17, 15) is 0 Å². The lowest BCUT2D eigenvalue weighted by atomic mass is 9.87. The minimum absolute atomic E-state index is 0.306. The van der Waals surface area contributed by atoms with Crippen molar-refractivity contribution < 1.29 is 0 Å². The Morgan fingerprint density at radius 3 is 2.58 bits per heavy atom. The minimum Gasteiger partial charge on any atom is -0.329 e. The van der Waals surface area contributed by atoms with E-state index in [0.29, 0.717) is 5.54 Å². The fraction of sp³-hybridized carbons (Fsp3) is 1.00. The highest BCUT2D eigenvalue weighted by Crippen LogP contribution is 2.38. The van der Waals surface area contributed by atoms with Crippen LogP contribution in [0, 0.1) is 0 Å². The summed E-state index contributed by atoms with van der Waals surface area (Å²) in [5.74, 6) is 0. The van der Waals surface area contributed by atoms with E-state index in [1.807, 2.05) is 0 Å². The lowest BCUT2D eigenvalue weighted by Gasteiger charge is -2.44. The average molecular weight is 267 g/mol. The van der Waals surface area contributed by atoms with Crippen LogP contribution in [0.15, 0.2) is 0 Å². The van der Waals surface area contributed by atoms with Crippen molar-refractivity contribution >= 4 is 0 Å². The fourth-order valence-corrected chi connectivity index (χ4v) is 3.68. The first-order valence-electron chi connectivity index (χ1n) is 8.45. The van der Waals surface area contributed by atoms with Gasteiger partial charge in [-0.25, -0.2) is 0 Å². The van der Waals surface area contributed by atoms with Crippen molar-refractivity contribution in [1.82, 2.24) is 9.80 Å². The first kappa shape index (κ1) is 15.3. The Morgan fingerprint density at radius 1 is 1.21 bits per heavy atom. The van der Waals surface area contributed by atoms with Gasteiger partial charge in [0.05, 0.1) is 0 Å². The maximum Gasteiger partial charge on any atom is 0.0347 e. The molecule has 0 bridgehead atoms. The summed E-state index contributed by atoms with van der Waals surface area (Å²) in [7, 11) is 0. The smallest absolute Gasteiger partial charge is 0.0347 e. The molecule has 1 saturated heterocycles. The Bertz CT molecular complexity index is 265. The Balaban J connectivity index is 2.05. The molecule has 1 atom stereocenters. The van der Waals surface area contributed by atoms with Crippen LogP contribution in [0.2, 0.25) is 0 Å². The Kier molecular flexibility index (Phi) is 5.67. The predicted octanol–water partition coefficient (Wildman–Crippen LogP) is 2.45. The summed E-state index contributed by atoms with van der Waals surface area (Å²) in [5.41, 5.74) is 6.58. The molecular formula is C16H33N3. The Labute approximate surface area is 119 Å². The minimum atomic E-state index is 0.306. The third-order valence-electron chi connectivity index (χ3n) is 5.19. The number of nitrogens with zero attached hydrogens (tertiary/aromatic N) is 2. The van der Waals surface area contributed by atoms with Gasteiger partial charge in [-0.3, -0.25) is 4.90 Å². The summed E-state index contributed by atoms with van der Waals surface area (Å²) in [5, 5.41) is 0. The number of unbranched alkanes of at least 4 members (excludes halogenated alkanes) is 1. The van der Waals surface area contributed by atoms with E-state index in [1.165, 1.54) is 71.1 Å². The van der Waals surface area contributed by atoms with Gasteiger partial charge in [-0.2, -0.15) is 0 Å². The largest absolute Gasteiger partial charge is 0.329 e. The molecule has 0 amide bonds. The lowest BCUT2D eigenvalue weighted by molar-refractivity contribution is 0.0678. The second-order valence-electron chi connectivity index (χ2n) is 6.49. The van der Waals surface area contributed by atoms with E-state index in [4.69, 9.17) is 5.73 Å². The van der Waals surface area contributed by atoms with Crippen molar-refractivity contribution in [2.75, 3.05) is 32.7 Å². The van der Waals surface area contributed by atoms with Gasteiger partial charge < -0.3 is 10.6 Å².